The topological polar surface area (TPSA) is 28.5 Å². The van der Waals surface area contributed by atoms with E-state index in [-0.39, 0.29) is 5.82 Å². The summed E-state index contributed by atoms with van der Waals surface area (Å²) in [6.07, 6.45) is 0.277. The van der Waals surface area contributed by atoms with Crippen LogP contribution in [-0.4, -0.2) is 17.7 Å². The smallest absolute Gasteiger partial charge is 0.326 e. The second-order valence-electron chi connectivity index (χ2n) is 3.16. The van der Waals surface area contributed by atoms with E-state index in [0.717, 1.165) is 6.07 Å². The predicted molar refractivity (Wildman–Crippen MR) is 54.2 cm³/mol. The van der Waals surface area contributed by atoms with Crippen LogP contribution in [-0.2, 0) is 6.18 Å². The van der Waals surface area contributed by atoms with Gasteiger partial charge < -0.3 is 4.90 Å². The molecule has 0 amide bonds. The van der Waals surface area contributed by atoms with Crippen LogP contribution in [0.2, 0.25) is 0 Å². The Hall–Kier alpha value is -1.85. The zero-order chi connectivity index (χ0) is 11.6. The minimum absolute atomic E-state index is 0.261. The van der Waals surface area contributed by atoms with Gasteiger partial charge in [0.15, 0.2) is 0 Å². The average Bonchev–Trinajstić information content (AvgIpc) is 2.29. The molecule has 0 unspecified atom stereocenters. The summed E-state index contributed by atoms with van der Waals surface area (Å²) in [5, 5.41) is 0. The van der Waals surface area contributed by atoms with Gasteiger partial charge in [-0.15, -0.1) is 0 Å². The molecule has 2 rings (SSSR count). The normalized spacial score (nSPS) is 15.6. The number of halogens is 3. The molecule has 16 heavy (non-hydrogen) atoms. The van der Waals surface area contributed by atoms with Crippen molar-refractivity contribution in [3.63, 3.8) is 0 Å². The van der Waals surface area contributed by atoms with Crippen molar-refractivity contribution in [1.82, 2.24) is 4.98 Å². The minimum atomic E-state index is -4.41. The number of anilines is 1. The van der Waals surface area contributed by atoms with Gasteiger partial charge in [0.05, 0.1) is 6.54 Å². The summed E-state index contributed by atoms with van der Waals surface area (Å²) in [4.78, 5) is 8.97. The molecule has 0 fully saturated rings. The first-order valence-electron chi connectivity index (χ1n) is 4.56. The number of hydrogen-bond donors (Lipinski definition) is 0. The summed E-state index contributed by atoms with van der Waals surface area (Å²) < 4.78 is 37.2. The minimum Gasteiger partial charge on any atom is -0.326 e. The largest absolute Gasteiger partial charge is 0.433 e. The Kier molecular flexibility index (Phi) is 2.64. The van der Waals surface area contributed by atoms with Gasteiger partial charge in [0.2, 0.25) is 0 Å². The third-order valence-corrected chi connectivity index (χ3v) is 2.04. The van der Waals surface area contributed by atoms with Gasteiger partial charge in [0.1, 0.15) is 11.5 Å². The van der Waals surface area contributed by atoms with Crippen LogP contribution in [0.5, 0.6) is 0 Å². The van der Waals surface area contributed by atoms with E-state index in [2.05, 4.69) is 9.98 Å². The summed E-state index contributed by atoms with van der Waals surface area (Å²) >= 11 is 0. The summed E-state index contributed by atoms with van der Waals surface area (Å²) in [5.41, 5.74) is -0.888. The molecule has 0 saturated carbocycles. The molecule has 0 aromatic carbocycles. The number of hydrogen-bond acceptors (Lipinski definition) is 3. The van der Waals surface area contributed by atoms with E-state index in [1.54, 1.807) is 17.3 Å². The highest BCUT2D eigenvalue weighted by Gasteiger charge is 2.32. The molecular weight excluding hydrogens is 219 g/mol. The lowest BCUT2D eigenvalue weighted by Crippen LogP contribution is -2.22. The molecule has 0 bridgehead atoms. The first kappa shape index (κ1) is 10.7. The van der Waals surface area contributed by atoms with Crippen LogP contribution in [0, 0.1) is 0 Å². The van der Waals surface area contributed by atoms with E-state index in [0.29, 0.717) is 6.54 Å². The van der Waals surface area contributed by atoms with Crippen LogP contribution in [0.3, 0.4) is 0 Å². The Bertz CT molecular complexity index is 437. The molecule has 0 atom stereocenters. The van der Waals surface area contributed by atoms with Crippen LogP contribution in [0.15, 0.2) is 35.6 Å². The zero-order valence-electron chi connectivity index (χ0n) is 8.15. The lowest BCUT2D eigenvalue weighted by atomic mass is 10.3. The maximum absolute atomic E-state index is 12.4. The average molecular weight is 227 g/mol. The van der Waals surface area contributed by atoms with Crippen LogP contribution in [0.25, 0.3) is 0 Å². The number of nitrogens with zero attached hydrogens (tertiary/aromatic N) is 3. The van der Waals surface area contributed by atoms with E-state index in [9.17, 15) is 13.2 Å². The second-order valence-corrected chi connectivity index (χ2v) is 3.16. The zero-order valence-corrected chi connectivity index (χ0v) is 8.15. The Morgan fingerprint density at radius 2 is 2.06 bits per heavy atom. The Morgan fingerprint density at radius 3 is 2.69 bits per heavy atom. The first-order valence-corrected chi connectivity index (χ1v) is 4.56. The van der Waals surface area contributed by atoms with Crippen LogP contribution in [0.4, 0.5) is 19.0 Å². The van der Waals surface area contributed by atoms with E-state index in [1.165, 1.54) is 18.3 Å². The number of aliphatic imine (C=N–C) groups is 1. The quantitative estimate of drug-likeness (QED) is 0.737. The maximum atomic E-state index is 12.4. The fourth-order valence-electron chi connectivity index (χ4n) is 1.29. The van der Waals surface area contributed by atoms with Crippen LogP contribution < -0.4 is 4.90 Å². The highest BCUT2D eigenvalue weighted by atomic mass is 19.4. The van der Waals surface area contributed by atoms with Crippen molar-refractivity contribution in [1.29, 1.82) is 0 Å². The van der Waals surface area contributed by atoms with E-state index < -0.39 is 11.9 Å². The second kappa shape index (κ2) is 3.96. The molecule has 1 aromatic rings. The molecule has 1 aliphatic rings. The van der Waals surface area contributed by atoms with Crippen molar-refractivity contribution >= 4 is 12.0 Å². The lowest BCUT2D eigenvalue weighted by Gasteiger charge is -2.19. The van der Waals surface area contributed by atoms with Gasteiger partial charge in [-0.2, -0.15) is 13.2 Å². The van der Waals surface area contributed by atoms with Crippen molar-refractivity contribution in [3.8, 4) is 0 Å². The first-order chi connectivity index (χ1) is 7.57. The summed E-state index contributed by atoms with van der Waals surface area (Å²) in [7, 11) is 0. The summed E-state index contributed by atoms with van der Waals surface area (Å²) in [5.74, 6) is 0.261. The number of rotatable bonds is 1. The highest BCUT2D eigenvalue weighted by molar-refractivity contribution is 5.68. The molecule has 6 heteroatoms. The SMILES string of the molecule is FC(F)(F)c1cccc(N2C=CN=CC2)n1. The van der Waals surface area contributed by atoms with Crippen LogP contribution >= 0.6 is 0 Å². The van der Waals surface area contributed by atoms with Gasteiger partial charge in [0, 0.05) is 18.6 Å². The highest BCUT2D eigenvalue weighted by Crippen LogP contribution is 2.28. The van der Waals surface area contributed by atoms with Crippen molar-refractivity contribution in [2.45, 2.75) is 6.18 Å². The van der Waals surface area contributed by atoms with Gasteiger partial charge in [-0.3, -0.25) is 4.99 Å². The fourth-order valence-corrected chi connectivity index (χ4v) is 1.29. The van der Waals surface area contributed by atoms with Gasteiger partial charge >= 0.3 is 6.18 Å². The third kappa shape index (κ3) is 2.21. The molecule has 2 heterocycles. The molecule has 0 N–H and O–H groups in total. The van der Waals surface area contributed by atoms with Gasteiger partial charge in [-0.05, 0) is 12.1 Å². The lowest BCUT2D eigenvalue weighted by molar-refractivity contribution is -0.141. The molecule has 0 radical (unpaired) electrons. The van der Waals surface area contributed by atoms with Crippen LogP contribution in [0.1, 0.15) is 5.69 Å². The number of alkyl halides is 3. The molecular formula is C10H8F3N3. The number of aromatic nitrogens is 1. The molecule has 84 valence electrons. The van der Waals surface area contributed by atoms with E-state index in [4.69, 9.17) is 0 Å². The molecule has 1 aliphatic heterocycles. The van der Waals surface area contributed by atoms with Crippen molar-refractivity contribution in [3.05, 3.63) is 36.3 Å². The maximum Gasteiger partial charge on any atom is 0.433 e. The summed E-state index contributed by atoms with van der Waals surface area (Å²) in [6.45, 7) is 0.421. The molecule has 1 aromatic heterocycles. The standard InChI is InChI=1S/C10H8F3N3/c11-10(12,13)8-2-1-3-9(15-8)16-6-4-14-5-7-16/h1-6H,7H2. The fraction of sp³-hybridized carbons (Fsp3) is 0.200. The van der Waals surface area contributed by atoms with Crippen molar-refractivity contribution < 1.29 is 13.2 Å². The summed E-state index contributed by atoms with van der Waals surface area (Å²) in [6, 6.07) is 3.81. The predicted octanol–water partition coefficient (Wildman–Crippen LogP) is 2.46. The van der Waals surface area contributed by atoms with E-state index >= 15 is 0 Å². The molecule has 0 spiro atoms. The van der Waals surface area contributed by atoms with Gasteiger partial charge in [0.25, 0.3) is 0 Å². The Labute approximate surface area is 89.9 Å². The number of pyridine rings is 1. The van der Waals surface area contributed by atoms with Gasteiger partial charge in [-0.25, -0.2) is 4.98 Å². The van der Waals surface area contributed by atoms with E-state index in [1.807, 2.05) is 0 Å². The monoisotopic (exact) mass is 227 g/mol. The molecule has 3 nitrogen and oxygen atoms in total. The van der Waals surface area contributed by atoms with Crippen molar-refractivity contribution in [2.75, 3.05) is 11.4 Å². The molecule has 0 saturated heterocycles. The van der Waals surface area contributed by atoms with Crippen molar-refractivity contribution in [2.24, 2.45) is 4.99 Å². The Morgan fingerprint density at radius 1 is 1.25 bits per heavy atom. The Balaban J connectivity index is 2.29. The third-order valence-electron chi connectivity index (χ3n) is 2.04. The molecule has 0 aliphatic carbocycles. The van der Waals surface area contributed by atoms with Gasteiger partial charge in [-0.1, -0.05) is 6.07 Å².